The molecule has 1 aromatic carbocycles. The monoisotopic (exact) mass is 183 g/mol. The smallest absolute Gasteiger partial charge is 0.304 e. The fourth-order valence-electron chi connectivity index (χ4n) is 1.11. The lowest BCUT2D eigenvalue weighted by Gasteiger charge is -1.96. The molecule has 13 heavy (non-hydrogen) atoms. The molecular weight excluding hydrogens is 177 g/mol. The van der Waals surface area contributed by atoms with Gasteiger partial charge in [-0.3, -0.25) is 10.1 Å². The van der Waals surface area contributed by atoms with E-state index in [1.54, 1.807) is 0 Å². The summed E-state index contributed by atoms with van der Waals surface area (Å²) in [4.78, 5) is 9.51. The molecule has 0 aliphatic carbocycles. The van der Waals surface area contributed by atoms with E-state index in [0.29, 0.717) is 12.2 Å². The van der Waals surface area contributed by atoms with Crippen molar-refractivity contribution in [1.29, 1.82) is 0 Å². The number of hydrogen-bond donors (Lipinski definition) is 0. The highest BCUT2D eigenvalue weighted by Crippen LogP contribution is 2.31. The van der Waals surface area contributed by atoms with E-state index in [4.69, 9.17) is 4.74 Å². The van der Waals surface area contributed by atoms with Gasteiger partial charge in [0.25, 0.3) is 0 Å². The fraction of sp³-hybridized carbons (Fsp3) is 0.250. The van der Waals surface area contributed by atoms with Crippen LogP contribution in [0, 0.1) is 15.9 Å². The van der Waals surface area contributed by atoms with E-state index in [1.165, 1.54) is 6.07 Å². The predicted octanol–water partition coefficient (Wildman–Crippen LogP) is 1.81. The van der Waals surface area contributed by atoms with Crippen LogP contribution in [-0.2, 0) is 4.74 Å². The Bertz CT molecular complexity index is 362. The Labute approximate surface area is 73.1 Å². The molecule has 1 fully saturated rings. The number of ether oxygens (including phenoxy) is 1. The molecule has 1 aliphatic rings. The third kappa shape index (κ3) is 1.50. The summed E-state index contributed by atoms with van der Waals surface area (Å²) in [5.74, 6) is -0.807. The van der Waals surface area contributed by atoms with Crippen LogP contribution >= 0.6 is 0 Å². The van der Waals surface area contributed by atoms with Crippen molar-refractivity contribution >= 4 is 5.69 Å². The van der Waals surface area contributed by atoms with E-state index in [1.807, 2.05) is 0 Å². The van der Waals surface area contributed by atoms with E-state index in [0.717, 1.165) is 12.1 Å². The van der Waals surface area contributed by atoms with Gasteiger partial charge in [-0.25, -0.2) is 0 Å². The molecule has 0 aromatic heterocycles. The Balaban J connectivity index is 2.36. The van der Waals surface area contributed by atoms with Gasteiger partial charge in [0.2, 0.25) is 5.82 Å². The van der Waals surface area contributed by atoms with E-state index in [-0.39, 0.29) is 6.10 Å². The maximum Gasteiger partial charge on any atom is 0.304 e. The SMILES string of the molecule is O=[N+]([O-])c1ccc([C@H]2CO2)cc1F. The molecule has 68 valence electrons. The first-order valence-corrected chi connectivity index (χ1v) is 3.74. The Kier molecular flexibility index (Phi) is 1.73. The average molecular weight is 183 g/mol. The van der Waals surface area contributed by atoms with Crippen LogP contribution in [0.1, 0.15) is 11.7 Å². The Morgan fingerprint density at radius 3 is 2.77 bits per heavy atom. The van der Waals surface area contributed by atoms with Crippen molar-refractivity contribution in [3.8, 4) is 0 Å². The minimum atomic E-state index is -0.807. The highest BCUT2D eigenvalue weighted by atomic mass is 19.1. The average Bonchev–Trinajstić information content (AvgIpc) is 2.85. The van der Waals surface area contributed by atoms with Gasteiger partial charge in [0.15, 0.2) is 0 Å². The standard InChI is InChI=1S/C8H6FNO3/c9-6-3-5(8-4-13-8)1-2-7(6)10(11)12/h1-3,8H,4H2/t8-/m1/s1. The van der Waals surface area contributed by atoms with Crippen molar-refractivity contribution in [2.75, 3.05) is 6.61 Å². The maximum atomic E-state index is 13.0. The Morgan fingerprint density at radius 1 is 1.62 bits per heavy atom. The summed E-state index contributed by atoms with van der Waals surface area (Å²) in [7, 11) is 0. The van der Waals surface area contributed by atoms with Crippen molar-refractivity contribution in [2.24, 2.45) is 0 Å². The van der Waals surface area contributed by atoms with Gasteiger partial charge in [0, 0.05) is 6.07 Å². The molecule has 1 aromatic rings. The van der Waals surface area contributed by atoms with Gasteiger partial charge in [0.1, 0.15) is 6.10 Å². The third-order valence-electron chi connectivity index (χ3n) is 1.87. The fourth-order valence-corrected chi connectivity index (χ4v) is 1.11. The summed E-state index contributed by atoms with van der Waals surface area (Å²) >= 11 is 0. The zero-order valence-electron chi connectivity index (χ0n) is 6.57. The molecule has 1 aliphatic heterocycles. The lowest BCUT2D eigenvalue weighted by molar-refractivity contribution is -0.387. The van der Waals surface area contributed by atoms with Gasteiger partial charge in [-0.1, -0.05) is 0 Å². The quantitative estimate of drug-likeness (QED) is 0.399. The van der Waals surface area contributed by atoms with E-state index in [2.05, 4.69) is 0 Å². The molecule has 0 N–H and O–H groups in total. The minimum absolute atomic E-state index is 0.0738. The highest BCUT2D eigenvalue weighted by Gasteiger charge is 2.26. The third-order valence-corrected chi connectivity index (χ3v) is 1.87. The molecule has 1 heterocycles. The van der Waals surface area contributed by atoms with Crippen LogP contribution in [0.25, 0.3) is 0 Å². The lowest BCUT2D eigenvalue weighted by Crippen LogP contribution is -1.93. The molecule has 5 heteroatoms. The number of nitro groups is 1. The number of hydrogen-bond acceptors (Lipinski definition) is 3. The summed E-state index contributed by atoms with van der Waals surface area (Å²) in [6.07, 6.45) is -0.0738. The van der Waals surface area contributed by atoms with Gasteiger partial charge >= 0.3 is 5.69 Å². The van der Waals surface area contributed by atoms with Crippen molar-refractivity contribution in [3.63, 3.8) is 0 Å². The molecule has 0 unspecified atom stereocenters. The van der Waals surface area contributed by atoms with Gasteiger partial charge in [0.05, 0.1) is 11.5 Å². The first-order chi connectivity index (χ1) is 6.18. The summed E-state index contributed by atoms with van der Waals surface area (Å²) in [6.45, 7) is 0.567. The van der Waals surface area contributed by atoms with Gasteiger partial charge in [-0.05, 0) is 17.7 Å². The zero-order valence-corrected chi connectivity index (χ0v) is 6.57. The number of epoxide rings is 1. The van der Waals surface area contributed by atoms with Crippen molar-refractivity contribution in [1.82, 2.24) is 0 Å². The van der Waals surface area contributed by atoms with Crippen LogP contribution in [0.3, 0.4) is 0 Å². The number of benzene rings is 1. The maximum absolute atomic E-state index is 13.0. The van der Waals surface area contributed by atoms with Crippen LogP contribution < -0.4 is 0 Å². The summed E-state index contributed by atoms with van der Waals surface area (Å²) < 4.78 is 17.9. The Hall–Kier alpha value is -1.49. The van der Waals surface area contributed by atoms with E-state index >= 15 is 0 Å². The van der Waals surface area contributed by atoms with Crippen molar-refractivity contribution < 1.29 is 14.1 Å². The van der Waals surface area contributed by atoms with E-state index in [9.17, 15) is 14.5 Å². The topological polar surface area (TPSA) is 55.7 Å². The summed E-state index contributed by atoms with van der Waals surface area (Å²) in [5, 5.41) is 10.3. The second-order valence-electron chi connectivity index (χ2n) is 2.79. The normalized spacial score (nSPS) is 19.9. The van der Waals surface area contributed by atoms with Gasteiger partial charge in [-0.15, -0.1) is 0 Å². The molecule has 4 nitrogen and oxygen atoms in total. The zero-order chi connectivity index (χ0) is 9.42. The summed E-state index contributed by atoms with van der Waals surface area (Å²) in [6, 6.07) is 3.82. The van der Waals surface area contributed by atoms with Crippen molar-refractivity contribution in [2.45, 2.75) is 6.10 Å². The number of rotatable bonds is 2. The first kappa shape index (κ1) is 8.12. The number of nitrogens with zero attached hydrogens (tertiary/aromatic N) is 1. The highest BCUT2D eigenvalue weighted by molar-refractivity contribution is 5.36. The van der Waals surface area contributed by atoms with Crippen LogP contribution in [0.4, 0.5) is 10.1 Å². The second-order valence-corrected chi connectivity index (χ2v) is 2.79. The molecule has 0 bridgehead atoms. The van der Waals surface area contributed by atoms with Crippen LogP contribution in [0.5, 0.6) is 0 Å². The summed E-state index contributed by atoms with van der Waals surface area (Å²) in [5.41, 5.74) is 0.160. The largest absolute Gasteiger partial charge is 0.368 e. The van der Waals surface area contributed by atoms with Crippen LogP contribution in [-0.4, -0.2) is 11.5 Å². The van der Waals surface area contributed by atoms with E-state index < -0.39 is 16.4 Å². The minimum Gasteiger partial charge on any atom is -0.368 e. The molecule has 0 amide bonds. The molecular formula is C8H6FNO3. The first-order valence-electron chi connectivity index (χ1n) is 3.74. The number of nitro benzene ring substituents is 1. The lowest BCUT2D eigenvalue weighted by atomic mass is 10.1. The van der Waals surface area contributed by atoms with Crippen LogP contribution in [0.15, 0.2) is 18.2 Å². The number of halogens is 1. The molecule has 0 saturated carbocycles. The van der Waals surface area contributed by atoms with Gasteiger partial charge in [-0.2, -0.15) is 4.39 Å². The molecule has 1 saturated heterocycles. The second kappa shape index (κ2) is 2.77. The predicted molar refractivity (Wildman–Crippen MR) is 41.7 cm³/mol. The molecule has 0 spiro atoms. The Morgan fingerprint density at radius 2 is 2.31 bits per heavy atom. The van der Waals surface area contributed by atoms with Gasteiger partial charge < -0.3 is 4.74 Å². The van der Waals surface area contributed by atoms with Crippen LogP contribution in [0.2, 0.25) is 0 Å². The molecule has 0 radical (unpaired) electrons. The molecule has 1 atom stereocenters. The molecule has 2 rings (SSSR count). The van der Waals surface area contributed by atoms with Crippen molar-refractivity contribution in [3.05, 3.63) is 39.7 Å².